The Balaban J connectivity index is 0. The number of hydrogen-bond donors (Lipinski definition) is 4. The summed E-state index contributed by atoms with van der Waals surface area (Å²) < 4.78 is 1.36. The Morgan fingerprint density at radius 2 is 1.76 bits per heavy atom. The number of carbonyl (C=O) groups excluding carboxylic acids is 2. The fourth-order valence-electron chi connectivity index (χ4n) is 2.38. The molecule has 1 aromatic heterocycles. The van der Waals surface area contributed by atoms with E-state index in [1.165, 1.54) is 4.57 Å². The van der Waals surface area contributed by atoms with Crippen LogP contribution >= 0.6 is 0 Å². The van der Waals surface area contributed by atoms with Gasteiger partial charge in [-0.2, -0.15) is 5.26 Å². The van der Waals surface area contributed by atoms with E-state index in [0.717, 1.165) is 0 Å². The van der Waals surface area contributed by atoms with E-state index in [1.54, 1.807) is 27.7 Å². The average Bonchev–Trinajstić information content (AvgIpc) is 2.55. The third-order valence-corrected chi connectivity index (χ3v) is 3.83. The van der Waals surface area contributed by atoms with E-state index in [9.17, 15) is 19.2 Å². The number of nitrogen functional groups attached to an aromatic ring is 1. The van der Waals surface area contributed by atoms with E-state index >= 15 is 0 Å². The van der Waals surface area contributed by atoms with Crippen LogP contribution in [0.1, 0.15) is 60.5 Å². The molecule has 0 saturated heterocycles. The lowest BCUT2D eigenvalue weighted by atomic mass is 9.97. The smallest absolute Gasteiger partial charge is 0.329 e. The van der Waals surface area contributed by atoms with E-state index in [1.807, 2.05) is 19.9 Å². The van der Waals surface area contributed by atoms with Gasteiger partial charge in [0.2, 0.25) is 5.91 Å². The lowest BCUT2D eigenvalue weighted by molar-refractivity contribution is -0.123. The van der Waals surface area contributed by atoms with Gasteiger partial charge in [0.05, 0.1) is 11.6 Å². The van der Waals surface area contributed by atoms with E-state index in [4.69, 9.17) is 11.0 Å². The minimum Gasteiger partial charge on any atom is -0.385 e. The maximum absolute atomic E-state index is 11.4. The van der Waals surface area contributed by atoms with E-state index in [2.05, 4.69) is 15.6 Å². The highest BCUT2D eigenvalue weighted by molar-refractivity contribution is 5.96. The van der Waals surface area contributed by atoms with Crippen molar-refractivity contribution in [2.24, 2.45) is 11.8 Å². The molecular weight excluding hydrogens is 376 g/mol. The van der Waals surface area contributed by atoms with Gasteiger partial charge in [-0.1, -0.05) is 35.1 Å². The third-order valence-electron chi connectivity index (χ3n) is 3.83. The van der Waals surface area contributed by atoms with Crippen LogP contribution in [-0.4, -0.2) is 28.0 Å². The molecule has 0 aliphatic carbocycles. The van der Waals surface area contributed by atoms with Gasteiger partial charge in [-0.15, -0.1) is 0 Å². The second-order valence-corrected chi connectivity index (χ2v) is 6.66. The molecule has 1 unspecified atom stereocenters. The zero-order valence-electron chi connectivity index (χ0n) is 17.3. The number of carbonyl (C=O) groups is 2. The van der Waals surface area contributed by atoms with E-state index in [-0.39, 0.29) is 30.6 Å². The molecule has 0 bridgehead atoms. The molecule has 3 amide bonds. The number of nitriles is 1. The number of nitrogens with two attached hydrogens (primary N) is 1. The van der Waals surface area contributed by atoms with Crippen LogP contribution in [0.2, 0.25) is 0 Å². The number of urea groups is 1. The molecular formula is C19H34N6O4. The van der Waals surface area contributed by atoms with E-state index in [0.29, 0.717) is 18.7 Å². The van der Waals surface area contributed by atoms with Crippen molar-refractivity contribution in [1.29, 1.82) is 5.26 Å². The van der Waals surface area contributed by atoms with Gasteiger partial charge in [0, 0.05) is 13.1 Å². The predicted octanol–water partition coefficient (Wildman–Crippen LogP) is 1.53. The van der Waals surface area contributed by atoms with Crippen molar-refractivity contribution in [3.05, 3.63) is 26.4 Å². The average molecular weight is 411 g/mol. The Kier molecular flexibility index (Phi) is 12.8. The summed E-state index contributed by atoms with van der Waals surface area (Å²) in [5.41, 5.74) is 5.39. The zero-order valence-corrected chi connectivity index (χ0v) is 17.3. The largest absolute Gasteiger partial charge is 0.385 e. The van der Waals surface area contributed by atoms with Gasteiger partial charge >= 0.3 is 11.7 Å². The predicted molar refractivity (Wildman–Crippen MR) is 113 cm³/mol. The Labute approximate surface area is 171 Å². The van der Waals surface area contributed by atoms with Gasteiger partial charge in [-0.25, -0.2) is 9.59 Å². The van der Waals surface area contributed by atoms with Crippen LogP contribution in [0.15, 0.2) is 9.59 Å². The van der Waals surface area contributed by atoms with Crippen molar-refractivity contribution >= 4 is 17.8 Å². The number of aromatic amines is 1. The topological polar surface area (TPSA) is 163 Å². The first-order valence-electron chi connectivity index (χ1n) is 9.12. The molecule has 0 fully saturated rings. The number of anilines is 1. The molecule has 1 rings (SSSR count). The number of nitrogens with zero attached hydrogens (tertiary/aromatic N) is 2. The van der Waals surface area contributed by atoms with Gasteiger partial charge in [-0.3, -0.25) is 24.5 Å². The van der Waals surface area contributed by atoms with Gasteiger partial charge in [0.1, 0.15) is 11.7 Å². The fraction of sp³-hybridized carbons (Fsp3) is 0.632. The summed E-state index contributed by atoms with van der Waals surface area (Å²) in [6.07, 6.45) is 0. The first kappa shape index (κ1) is 28.1. The summed E-state index contributed by atoms with van der Waals surface area (Å²) in [6.45, 7) is 11.7. The first-order valence-corrected chi connectivity index (χ1v) is 9.12. The highest BCUT2D eigenvalue weighted by Gasteiger charge is 2.22. The molecule has 1 heterocycles. The van der Waals surface area contributed by atoms with Crippen molar-refractivity contribution in [2.75, 3.05) is 12.3 Å². The molecule has 164 valence electrons. The lowest BCUT2D eigenvalue weighted by Crippen LogP contribution is -2.43. The van der Waals surface area contributed by atoms with Gasteiger partial charge in [0.25, 0.3) is 5.56 Å². The number of rotatable bonds is 5. The van der Waals surface area contributed by atoms with Crippen LogP contribution in [0.4, 0.5) is 10.6 Å². The summed E-state index contributed by atoms with van der Waals surface area (Å²) in [5, 5.41) is 13.2. The highest BCUT2D eigenvalue weighted by atomic mass is 16.2. The quantitative estimate of drug-likeness (QED) is 0.575. The molecule has 29 heavy (non-hydrogen) atoms. The Hall–Kier alpha value is -3.09. The summed E-state index contributed by atoms with van der Waals surface area (Å²) in [7, 11) is 0. The maximum Gasteiger partial charge on any atom is 0.329 e. The Morgan fingerprint density at radius 3 is 2.14 bits per heavy atom. The summed E-state index contributed by atoms with van der Waals surface area (Å²) in [4.78, 5) is 47.2. The Morgan fingerprint density at radius 1 is 1.21 bits per heavy atom. The molecule has 10 nitrogen and oxygen atoms in total. The van der Waals surface area contributed by atoms with Crippen molar-refractivity contribution < 1.29 is 9.59 Å². The standard InChI is InChI=1S/2C9H15N3O2.CH4/c1-4-12-7(10)6(5(2)3)8(13)11-9(12)14;1-4-11-9(14)12-8(13)7(5-10)6(2)3;/h5H,4,10H2,1-3H3,(H,11,13,14);6-7H,4H2,1-3H3,(H2,11,12,13,14);1H4. The summed E-state index contributed by atoms with van der Waals surface area (Å²) in [6, 6.07) is 1.30. The number of nitrogens with one attached hydrogen (secondary N) is 3. The van der Waals surface area contributed by atoms with Crippen LogP contribution in [0.3, 0.4) is 0 Å². The zero-order chi connectivity index (χ0) is 22.0. The minimum absolute atomic E-state index is 0. The minimum atomic E-state index is -0.780. The number of amides is 3. The van der Waals surface area contributed by atoms with Crippen LogP contribution < -0.4 is 27.6 Å². The molecule has 0 aromatic carbocycles. The summed E-state index contributed by atoms with van der Waals surface area (Å²) in [5.74, 6) is -1.14. The molecule has 5 N–H and O–H groups in total. The molecule has 0 aliphatic heterocycles. The number of aromatic nitrogens is 2. The van der Waals surface area contributed by atoms with Crippen molar-refractivity contribution in [3.63, 3.8) is 0 Å². The molecule has 1 aromatic rings. The van der Waals surface area contributed by atoms with Gasteiger partial charge in [-0.05, 0) is 25.7 Å². The molecule has 0 saturated carbocycles. The van der Waals surface area contributed by atoms with Gasteiger partial charge in [0.15, 0.2) is 0 Å². The summed E-state index contributed by atoms with van der Waals surface area (Å²) >= 11 is 0. The van der Waals surface area contributed by atoms with Gasteiger partial charge < -0.3 is 11.1 Å². The number of hydrogen-bond acceptors (Lipinski definition) is 6. The Bertz CT molecular complexity index is 833. The molecule has 0 spiro atoms. The SMILES string of the molecule is C.CCNC(=O)NC(=O)C(C#N)C(C)C.CCn1c(N)c(C(C)C)c(=O)[nH]c1=O. The van der Waals surface area contributed by atoms with E-state index < -0.39 is 23.5 Å². The lowest BCUT2D eigenvalue weighted by Gasteiger charge is -2.12. The van der Waals surface area contributed by atoms with Crippen molar-refractivity contribution in [3.8, 4) is 6.07 Å². The second kappa shape index (κ2) is 13.1. The second-order valence-electron chi connectivity index (χ2n) is 6.66. The van der Waals surface area contributed by atoms with Crippen LogP contribution in [-0.2, 0) is 11.3 Å². The highest BCUT2D eigenvalue weighted by Crippen LogP contribution is 2.14. The van der Waals surface area contributed by atoms with Crippen LogP contribution in [0.25, 0.3) is 0 Å². The molecule has 1 atom stereocenters. The van der Waals surface area contributed by atoms with Crippen LogP contribution in [0.5, 0.6) is 0 Å². The number of H-pyrrole nitrogens is 1. The molecule has 0 aliphatic rings. The molecule has 0 radical (unpaired) electrons. The monoisotopic (exact) mass is 410 g/mol. The maximum atomic E-state index is 11.4. The van der Waals surface area contributed by atoms with Crippen molar-refractivity contribution in [2.45, 2.75) is 61.4 Å². The normalized spacial score (nSPS) is 10.9. The van der Waals surface area contributed by atoms with Crippen molar-refractivity contribution in [1.82, 2.24) is 20.2 Å². The molecule has 10 heteroatoms. The van der Waals surface area contributed by atoms with Crippen LogP contribution in [0, 0.1) is 23.2 Å². The fourth-order valence-corrected chi connectivity index (χ4v) is 2.38. The third kappa shape index (κ3) is 8.21. The number of imide groups is 1. The first-order chi connectivity index (χ1) is 13.0.